The lowest BCUT2D eigenvalue weighted by Crippen LogP contribution is -2.32. The zero-order valence-corrected chi connectivity index (χ0v) is 17.4. The highest BCUT2D eigenvalue weighted by atomic mass is 16.2. The van der Waals surface area contributed by atoms with Crippen molar-refractivity contribution in [3.05, 3.63) is 36.9 Å². The van der Waals surface area contributed by atoms with Crippen LogP contribution in [0.1, 0.15) is 26.2 Å². The molecule has 9 heteroatoms. The molecule has 1 amide bonds. The lowest BCUT2D eigenvalue weighted by Gasteiger charge is -2.17. The maximum Gasteiger partial charge on any atom is 0.225 e. The molecule has 9 nitrogen and oxygen atoms in total. The molecule has 0 spiro atoms. The van der Waals surface area contributed by atoms with Gasteiger partial charge in [-0.05, 0) is 38.3 Å². The van der Waals surface area contributed by atoms with Crippen molar-refractivity contribution in [3.8, 4) is 5.95 Å². The second-order valence-corrected chi connectivity index (χ2v) is 8.34. The van der Waals surface area contributed by atoms with Crippen LogP contribution in [0.4, 0.5) is 5.82 Å². The maximum atomic E-state index is 12.4. The number of hydrogen-bond donors (Lipinski definition) is 1. The number of anilines is 1. The third-order valence-electron chi connectivity index (χ3n) is 6.26. The summed E-state index contributed by atoms with van der Waals surface area (Å²) in [6.07, 6.45) is 6.38. The van der Waals surface area contributed by atoms with Gasteiger partial charge in [-0.1, -0.05) is 12.1 Å². The molecule has 0 bridgehead atoms. The number of hydrogen-bond acceptors (Lipinski definition) is 6. The van der Waals surface area contributed by atoms with Crippen LogP contribution in [0.5, 0.6) is 0 Å². The highest BCUT2D eigenvalue weighted by molar-refractivity contribution is 5.86. The van der Waals surface area contributed by atoms with Crippen LogP contribution >= 0.6 is 0 Å². The summed E-state index contributed by atoms with van der Waals surface area (Å²) in [7, 11) is 0. The van der Waals surface area contributed by atoms with E-state index in [2.05, 4.69) is 31.8 Å². The molecule has 0 radical (unpaired) electrons. The molecule has 1 saturated carbocycles. The third-order valence-corrected chi connectivity index (χ3v) is 6.26. The molecule has 2 aliphatic rings. The van der Waals surface area contributed by atoms with Gasteiger partial charge in [0.15, 0.2) is 17.0 Å². The minimum Gasteiger partial charge on any atom is -0.364 e. The Balaban J connectivity index is 1.35. The molecule has 1 aromatic carbocycles. The van der Waals surface area contributed by atoms with E-state index in [1.54, 1.807) is 12.7 Å². The van der Waals surface area contributed by atoms with Crippen molar-refractivity contribution in [2.75, 3.05) is 18.4 Å². The molecular weight excluding hydrogens is 392 g/mol. The zero-order chi connectivity index (χ0) is 20.9. The minimum absolute atomic E-state index is 0.171. The van der Waals surface area contributed by atoms with Gasteiger partial charge in [-0.3, -0.25) is 13.9 Å². The number of nitrogens with zero attached hydrogens (tertiary/aromatic N) is 7. The Hall–Kier alpha value is -3.49. The standard InChI is InChI=1S/C22H24N8O/c1-2-29-20-18(27-22(29)30-13-25-16-5-3-4-6-17(16)30)19(23-12-24-20)26-15-9-10-28(11-15)21(31)14-7-8-14/h3-6,12-15H,2,7-11H2,1H3,(H,23,24,26). The van der Waals surface area contributed by atoms with Gasteiger partial charge in [0, 0.05) is 31.6 Å². The number of imidazole rings is 2. The first-order valence-corrected chi connectivity index (χ1v) is 10.9. The first-order valence-electron chi connectivity index (χ1n) is 10.9. The van der Waals surface area contributed by atoms with E-state index < -0.39 is 0 Å². The van der Waals surface area contributed by atoms with Crippen LogP contribution in [-0.2, 0) is 11.3 Å². The van der Waals surface area contributed by atoms with Crippen LogP contribution < -0.4 is 5.32 Å². The van der Waals surface area contributed by atoms with Crippen molar-refractivity contribution >= 4 is 33.9 Å². The number of para-hydroxylation sites is 2. The van der Waals surface area contributed by atoms with Crippen LogP contribution in [0.25, 0.3) is 28.1 Å². The number of likely N-dealkylation sites (tertiary alicyclic amines) is 1. The van der Waals surface area contributed by atoms with Gasteiger partial charge >= 0.3 is 0 Å². The zero-order valence-electron chi connectivity index (χ0n) is 17.4. The van der Waals surface area contributed by atoms with E-state index in [-0.39, 0.29) is 12.0 Å². The number of rotatable bonds is 5. The highest BCUT2D eigenvalue weighted by Crippen LogP contribution is 2.32. The average Bonchev–Trinajstić information content (AvgIpc) is 3.22. The maximum absolute atomic E-state index is 12.4. The van der Waals surface area contributed by atoms with Crippen molar-refractivity contribution in [1.29, 1.82) is 0 Å². The van der Waals surface area contributed by atoms with E-state index in [0.29, 0.717) is 18.3 Å². The molecule has 1 aliphatic heterocycles. The monoisotopic (exact) mass is 416 g/mol. The van der Waals surface area contributed by atoms with Gasteiger partial charge < -0.3 is 10.2 Å². The predicted molar refractivity (Wildman–Crippen MR) is 117 cm³/mol. The molecule has 1 N–H and O–H groups in total. The van der Waals surface area contributed by atoms with Crippen molar-refractivity contribution < 1.29 is 4.79 Å². The molecule has 4 aromatic rings. The van der Waals surface area contributed by atoms with Gasteiger partial charge in [-0.2, -0.15) is 0 Å². The Morgan fingerprint density at radius 1 is 1.16 bits per heavy atom. The minimum atomic E-state index is 0.171. The Kier molecular flexibility index (Phi) is 4.15. The summed E-state index contributed by atoms with van der Waals surface area (Å²) in [4.78, 5) is 32.8. The van der Waals surface area contributed by atoms with Crippen molar-refractivity contribution in [2.45, 2.75) is 38.8 Å². The van der Waals surface area contributed by atoms with Gasteiger partial charge in [0.05, 0.1) is 11.0 Å². The molecule has 1 unspecified atom stereocenters. The molecule has 1 atom stereocenters. The first-order chi connectivity index (χ1) is 15.2. The molecule has 1 aliphatic carbocycles. The molecule has 3 aromatic heterocycles. The summed E-state index contributed by atoms with van der Waals surface area (Å²) in [5, 5.41) is 3.53. The van der Waals surface area contributed by atoms with Crippen LogP contribution in [-0.4, -0.2) is 59.0 Å². The number of nitrogens with one attached hydrogen (secondary N) is 1. The number of carbonyl (C=O) groups excluding carboxylic acids is 1. The highest BCUT2D eigenvalue weighted by Gasteiger charge is 2.36. The Bertz CT molecular complexity index is 1290. The van der Waals surface area contributed by atoms with Gasteiger partial charge in [-0.25, -0.2) is 19.9 Å². The second kappa shape index (κ2) is 7.04. The Labute approximate surface area is 179 Å². The number of fused-ring (bicyclic) bond motifs is 2. The Morgan fingerprint density at radius 3 is 2.87 bits per heavy atom. The van der Waals surface area contributed by atoms with E-state index in [1.807, 2.05) is 33.7 Å². The molecule has 1 saturated heterocycles. The summed E-state index contributed by atoms with van der Waals surface area (Å²) < 4.78 is 4.07. The Morgan fingerprint density at radius 2 is 2.03 bits per heavy atom. The molecular formula is C22H24N8O. The summed E-state index contributed by atoms with van der Waals surface area (Å²) in [5.74, 6) is 2.05. The van der Waals surface area contributed by atoms with Crippen molar-refractivity contribution in [3.63, 3.8) is 0 Å². The van der Waals surface area contributed by atoms with E-state index in [9.17, 15) is 4.79 Å². The third kappa shape index (κ3) is 3.03. The van der Waals surface area contributed by atoms with Crippen molar-refractivity contribution in [1.82, 2.24) is 34.0 Å². The van der Waals surface area contributed by atoms with E-state index in [1.165, 1.54) is 0 Å². The predicted octanol–water partition coefficient (Wildman–Crippen LogP) is 2.61. The lowest BCUT2D eigenvalue weighted by atomic mass is 10.2. The van der Waals surface area contributed by atoms with E-state index in [0.717, 1.165) is 60.5 Å². The van der Waals surface area contributed by atoms with Crippen molar-refractivity contribution in [2.24, 2.45) is 5.92 Å². The van der Waals surface area contributed by atoms with Crippen LogP contribution in [0.3, 0.4) is 0 Å². The van der Waals surface area contributed by atoms with Crippen LogP contribution in [0, 0.1) is 5.92 Å². The number of carbonyl (C=O) groups is 1. The average molecular weight is 416 g/mol. The van der Waals surface area contributed by atoms with Gasteiger partial charge in [0.25, 0.3) is 0 Å². The van der Waals surface area contributed by atoms with Crippen LogP contribution in [0.15, 0.2) is 36.9 Å². The number of aryl methyl sites for hydroxylation is 1. The largest absolute Gasteiger partial charge is 0.364 e. The summed E-state index contributed by atoms with van der Waals surface area (Å²) in [6.45, 7) is 4.32. The SMILES string of the molecule is CCn1c(-n2cnc3ccccc32)nc2c(NC3CCN(C(=O)C4CC4)C3)ncnc21. The number of benzene rings is 1. The molecule has 158 valence electrons. The topological polar surface area (TPSA) is 93.8 Å². The van der Waals surface area contributed by atoms with Gasteiger partial charge in [0.1, 0.15) is 12.7 Å². The second-order valence-electron chi connectivity index (χ2n) is 8.34. The number of aromatic nitrogens is 6. The fraction of sp³-hybridized carbons (Fsp3) is 0.409. The molecule has 6 rings (SSSR count). The summed E-state index contributed by atoms with van der Waals surface area (Å²) in [6, 6.07) is 8.18. The normalized spacial score (nSPS) is 18.9. The van der Waals surface area contributed by atoms with Gasteiger partial charge in [0.2, 0.25) is 11.9 Å². The van der Waals surface area contributed by atoms with E-state index >= 15 is 0 Å². The quantitative estimate of drug-likeness (QED) is 0.538. The van der Waals surface area contributed by atoms with Gasteiger partial charge in [-0.15, -0.1) is 0 Å². The first kappa shape index (κ1) is 18.3. The lowest BCUT2D eigenvalue weighted by molar-refractivity contribution is -0.131. The van der Waals surface area contributed by atoms with E-state index in [4.69, 9.17) is 4.98 Å². The summed E-state index contributed by atoms with van der Waals surface area (Å²) in [5.41, 5.74) is 3.45. The number of amides is 1. The molecule has 31 heavy (non-hydrogen) atoms. The fourth-order valence-corrected chi connectivity index (χ4v) is 4.48. The fourth-order valence-electron chi connectivity index (χ4n) is 4.48. The molecule has 4 heterocycles. The molecule has 2 fully saturated rings. The summed E-state index contributed by atoms with van der Waals surface area (Å²) >= 11 is 0. The van der Waals surface area contributed by atoms with Crippen LogP contribution in [0.2, 0.25) is 0 Å². The smallest absolute Gasteiger partial charge is 0.225 e.